The SMILES string of the molecule is C[C@H](NC(=O)C(F)(F)F)[C@@H](Oc1ccc2c(cnn2-c2ccc(F)cc2)c1)c1ccc2c(c1)OCC2. The Morgan fingerprint density at radius 2 is 1.89 bits per heavy atom. The molecule has 36 heavy (non-hydrogen) atoms. The molecule has 1 N–H and O–H groups in total. The number of nitrogens with zero attached hydrogens (tertiary/aromatic N) is 2. The Morgan fingerprint density at radius 3 is 2.64 bits per heavy atom. The first-order chi connectivity index (χ1) is 17.2. The van der Waals surface area contributed by atoms with Gasteiger partial charge in [-0.1, -0.05) is 12.1 Å². The molecular weight excluding hydrogens is 478 g/mol. The molecule has 1 aromatic heterocycles. The number of amides is 1. The fourth-order valence-corrected chi connectivity index (χ4v) is 4.20. The first kappa shape index (κ1) is 23.7. The molecule has 0 bridgehead atoms. The van der Waals surface area contributed by atoms with E-state index in [-0.39, 0.29) is 5.82 Å². The summed E-state index contributed by atoms with van der Waals surface area (Å²) in [6.45, 7) is 1.98. The molecule has 0 spiro atoms. The molecule has 5 rings (SSSR count). The number of ether oxygens (including phenoxy) is 2. The van der Waals surface area contributed by atoms with Crippen LogP contribution in [0.25, 0.3) is 16.6 Å². The molecule has 1 amide bonds. The fourth-order valence-electron chi connectivity index (χ4n) is 4.20. The number of carbonyl (C=O) groups excluding carboxylic acids is 1. The lowest BCUT2D eigenvalue weighted by Crippen LogP contribution is -2.45. The van der Waals surface area contributed by atoms with Crippen LogP contribution in [-0.4, -0.2) is 34.5 Å². The van der Waals surface area contributed by atoms with Crippen molar-refractivity contribution in [1.29, 1.82) is 0 Å². The summed E-state index contributed by atoms with van der Waals surface area (Å²) in [5, 5.41) is 7.06. The standard InChI is InChI=1S/C26H21F4N3O3/c1-15(32-25(34)26(28,29)30)24(17-3-2-16-10-11-35-23(16)13-17)36-21-8-9-22-18(12-21)14-31-33(22)20-6-4-19(27)5-7-20/h2-9,12-15,24H,10-11H2,1H3,(H,32,34)/t15-,24+/m0/s1. The number of halogens is 4. The van der Waals surface area contributed by atoms with E-state index in [2.05, 4.69) is 5.10 Å². The first-order valence-corrected chi connectivity index (χ1v) is 11.2. The van der Waals surface area contributed by atoms with Gasteiger partial charge >= 0.3 is 12.1 Å². The van der Waals surface area contributed by atoms with Gasteiger partial charge in [-0.05, 0) is 66.6 Å². The molecule has 0 unspecified atom stereocenters. The van der Waals surface area contributed by atoms with Gasteiger partial charge in [0.05, 0.1) is 30.0 Å². The van der Waals surface area contributed by atoms with Crippen LogP contribution in [0.1, 0.15) is 24.2 Å². The second kappa shape index (κ2) is 9.18. The molecule has 0 saturated heterocycles. The minimum Gasteiger partial charge on any atom is -0.493 e. The Hall–Kier alpha value is -4.08. The lowest BCUT2D eigenvalue weighted by Gasteiger charge is -2.27. The highest BCUT2D eigenvalue weighted by Crippen LogP contribution is 2.33. The van der Waals surface area contributed by atoms with E-state index in [1.54, 1.807) is 53.3 Å². The number of fused-ring (bicyclic) bond motifs is 2. The molecule has 0 radical (unpaired) electrons. The molecular formula is C26H21F4N3O3. The number of benzene rings is 3. The summed E-state index contributed by atoms with van der Waals surface area (Å²) in [6, 6.07) is 15.3. The number of nitrogens with one attached hydrogen (secondary N) is 1. The van der Waals surface area contributed by atoms with Crippen molar-refractivity contribution in [3.63, 3.8) is 0 Å². The molecule has 0 saturated carbocycles. The Kier molecular flexibility index (Phi) is 6.03. The van der Waals surface area contributed by atoms with E-state index in [0.29, 0.717) is 34.7 Å². The molecule has 1 aliphatic rings. The van der Waals surface area contributed by atoms with E-state index in [1.807, 2.05) is 11.4 Å². The topological polar surface area (TPSA) is 65.4 Å². The zero-order valence-corrected chi connectivity index (χ0v) is 19.1. The zero-order valence-electron chi connectivity index (χ0n) is 19.1. The van der Waals surface area contributed by atoms with Crippen LogP contribution in [0, 0.1) is 5.82 Å². The summed E-state index contributed by atoms with van der Waals surface area (Å²) in [5.74, 6) is -1.38. The number of hydrogen-bond acceptors (Lipinski definition) is 4. The van der Waals surface area contributed by atoms with Crippen molar-refractivity contribution in [1.82, 2.24) is 15.1 Å². The van der Waals surface area contributed by atoms with Gasteiger partial charge in [-0.15, -0.1) is 0 Å². The minimum absolute atomic E-state index is 0.361. The van der Waals surface area contributed by atoms with E-state index in [0.717, 1.165) is 17.5 Å². The highest BCUT2D eigenvalue weighted by molar-refractivity contribution is 5.82. The third-order valence-electron chi connectivity index (χ3n) is 5.99. The van der Waals surface area contributed by atoms with Crippen molar-refractivity contribution >= 4 is 16.8 Å². The van der Waals surface area contributed by atoms with E-state index in [4.69, 9.17) is 9.47 Å². The minimum atomic E-state index is -5.02. The summed E-state index contributed by atoms with van der Waals surface area (Å²) in [6.07, 6.45) is -3.60. The third-order valence-corrected chi connectivity index (χ3v) is 5.99. The van der Waals surface area contributed by atoms with E-state index in [1.165, 1.54) is 19.1 Å². The van der Waals surface area contributed by atoms with Crippen LogP contribution in [0.5, 0.6) is 11.5 Å². The molecule has 186 valence electrons. The average Bonchev–Trinajstić information content (AvgIpc) is 3.48. The second-order valence-corrected chi connectivity index (χ2v) is 8.52. The summed E-state index contributed by atoms with van der Waals surface area (Å²) in [7, 11) is 0. The Morgan fingerprint density at radius 1 is 1.11 bits per heavy atom. The normalized spacial score (nSPS) is 14.7. The smallest absolute Gasteiger partial charge is 0.471 e. The lowest BCUT2D eigenvalue weighted by atomic mass is 10.0. The van der Waals surface area contributed by atoms with Crippen LogP contribution >= 0.6 is 0 Å². The first-order valence-electron chi connectivity index (χ1n) is 11.2. The van der Waals surface area contributed by atoms with Gasteiger partial charge in [-0.2, -0.15) is 18.3 Å². The van der Waals surface area contributed by atoms with Gasteiger partial charge in [0.1, 0.15) is 23.4 Å². The molecule has 0 aliphatic carbocycles. The van der Waals surface area contributed by atoms with Crippen molar-refractivity contribution in [2.24, 2.45) is 0 Å². The molecule has 6 nitrogen and oxygen atoms in total. The van der Waals surface area contributed by atoms with Gasteiger partial charge in [0.15, 0.2) is 0 Å². The maximum Gasteiger partial charge on any atom is 0.471 e. The van der Waals surface area contributed by atoms with Gasteiger partial charge in [0.2, 0.25) is 0 Å². The van der Waals surface area contributed by atoms with Crippen molar-refractivity contribution in [3.8, 4) is 17.2 Å². The van der Waals surface area contributed by atoms with E-state index in [9.17, 15) is 22.4 Å². The van der Waals surface area contributed by atoms with Crippen LogP contribution in [-0.2, 0) is 11.2 Å². The van der Waals surface area contributed by atoms with Crippen molar-refractivity contribution in [3.05, 3.63) is 83.8 Å². The summed E-state index contributed by atoms with van der Waals surface area (Å²) in [5.41, 5.74) is 2.96. The molecule has 4 aromatic rings. The largest absolute Gasteiger partial charge is 0.493 e. The molecule has 2 atom stereocenters. The third kappa shape index (κ3) is 4.71. The predicted molar refractivity (Wildman–Crippen MR) is 124 cm³/mol. The fraction of sp³-hybridized carbons (Fsp3) is 0.231. The summed E-state index contributed by atoms with van der Waals surface area (Å²) in [4.78, 5) is 11.6. The summed E-state index contributed by atoms with van der Waals surface area (Å²) < 4.78 is 65.4. The van der Waals surface area contributed by atoms with E-state index >= 15 is 0 Å². The second-order valence-electron chi connectivity index (χ2n) is 8.52. The Bertz CT molecular complexity index is 1420. The highest BCUT2D eigenvalue weighted by atomic mass is 19.4. The highest BCUT2D eigenvalue weighted by Gasteiger charge is 2.40. The van der Waals surface area contributed by atoms with Crippen LogP contribution in [0.3, 0.4) is 0 Å². The van der Waals surface area contributed by atoms with Crippen molar-refractivity contribution in [2.75, 3.05) is 6.61 Å². The molecule has 0 fully saturated rings. The van der Waals surface area contributed by atoms with Crippen LogP contribution in [0.2, 0.25) is 0 Å². The monoisotopic (exact) mass is 499 g/mol. The van der Waals surface area contributed by atoms with Gasteiger partial charge in [-0.25, -0.2) is 9.07 Å². The van der Waals surface area contributed by atoms with Gasteiger partial charge in [-0.3, -0.25) is 4.79 Å². The quantitative estimate of drug-likeness (QED) is 0.367. The maximum atomic E-state index is 13.3. The number of alkyl halides is 3. The van der Waals surface area contributed by atoms with Crippen molar-refractivity contribution in [2.45, 2.75) is 31.7 Å². The number of carbonyl (C=O) groups is 1. The Balaban J connectivity index is 1.46. The lowest BCUT2D eigenvalue weighted by molar-refractivity contribution is -0.174. The van der Waals surface area contributed by atoms with Gasteiger partial charge in [0.25, 0.3) is 0 Å². The molecule has 2 heterocycles. The average molecular weight is 499 g/mol. The molecule has 1 aliphatic heterocycles. The predicted octanol–water partition coefficient (Wildman–Crippen LogP) is 5.29. The Labute approximate surface area is 203 Å². The summed E-state index contributed by atoms with van der Waals surface area (Å²) >= 11 is 0. The van der Waals surface area contributed by atoms with Crippen LogP contribution < -0.4 is 14.8 Å². The molecule has 10 heteroatoms. The zero-order chi connectivity index (χ0) is 25.4. The molecule has 3 aromatic carbocycles. The van der Waals surface area contributed by atoms with Gasteiger partial charge < -0.3 is 14.8 Å². The van der Waals surface area contributed by atoms with Crippen molar-refractivity contribution < 1.29 is 31.8 Å². The van der Waals surface area contributed by atoms with Gasteiger partial charge in [0, 0.05) is 11.8 Å². The van der Waals surface area contributed by atoms with Crippen LogP contribution in [0.4, 0.5) is 17.6 Å². The van der Waals surface area contributed by atoms with E-state index < -0.39 is 24.2 Å². The number of rotatable bonds is 6. The maximum absolute atomic E-state index is 13.3. The number of aromatic nitrogens is 2. The number of hydrogen-bond donors (Lipinski definition) is 1. The van der Waals surface area contributed by atoms with Crippen LogP contribution in [0.15, 0.2) is 66.9 Å².